The van der Waals surface area contributed by atoms with Gasteiger partial charge in [0.15, 0.2) is 0 Å². The predicted octanol–water partition coefficient (Wildman–Crippen LogP) is 8.68. The molecule has 196 valence electrons. The monoisotopic (exact) mass is 474 g/mol. The molecular formula is C31H54O3. The largest absolute Gasteiger partial charge is 0.465 e. The summed E-state index contributed by atoms with van der Waals surface area (Å²) in [6.07, 6.45) is 24.0. The fraction of sp³-hybridized carbons (Fsp3) is 0.935. The lowest BCUT2D eigenvalue weighted by atomic mass is 9.62. The van der Waals surface area contributed by atoms with Crippen LogP contribution in [0.4, 0.5) is 0 Å². The molecule has 3 aliphatic carbocycles. The minimum atomic E-state index is -0.893. The van der Waals surface area contributed by atoms with Gasteiger partial charge in [-0.1, -0.05) is 71.6 Å². The Morgan fingerprint density at radius 2 is 1.32 bits per heavy atom. The molecule has 0 aromatic rings. The Bertz CT molecular complexity index is 612. The van der Waals surface area contributed by atoms with Gasteiger partial charge in [-0.3, -0.25) is 9.59 Å². The van der Waals surface area contributed by atoms with E-state index in [2.05, 4.69) is 13.8 Å². The molecule has 0 N–H and O–H groups in total. The molecule has 3 aliphatic rings. The number of hydrogen-bond donors (Lipinski definition) is 0. The Morgan fingerprint density at radius 1 is 0.765 bits per heavy atom. The lowest BCUT2D eigenvalue weighted by Crippen LogP contribution is -2.44. The van der Waals surface area contributed by atoms with Gasteiger partial charge in [0.2, 0.25) is 0 Å². The van der Waals surface area contributed by atoms with Gasteiger partial charge in [0.25, 0.3) is 0 Å². The lowest BCUT2D eigenvalue weighted by Gasteiger charge is -2.42. The van der Waals surface area contributed by atoms with Crippen molar-refractivity contribution in [3.8, 4) is 0 Å². The van der Waals surface area contributed by atoms with Gasteiger partial charge in [-0.15, -0.1) is 0 Å². The van der Waals surface area contributed by atoms with E-state index >= 15 is 0 Å². The van der Waals surface area contributed by atoms with Crippen LogP contribution in [-0.2, 0) is 14.3 Å². The van der Waals surface area contributed by atoms with Crippen LogP contribution in [0.5, 0.6) is 0 Å². The SMILES string of the molecule is CCCCCCC[C@H]1CC[C@H](C2CCC([C@@H]3CC[C@](C)(C(=O)OCCCC)C(=O)C3)CC2)CC1. The normalized spacial score (nSPS) is 34.7. The van der Waals surface area contributed by atoms with Gasteiger partial charge in [-0.25, -0.2) is 0 Å². The van der Waals surface area contributed by atoms with Crippen molar-refractivity contribution in [1.29, 1.82) is 0 Å². The topological polar surface area (TPSA) is 43.4 Å². The summed E-state index contributed by atoms with van der Waals surface area (Å²) >= 11 is 0. The summed E-state index contributed by atoms with van der Waals surface area (Å²) in [5, 5.41) is 0. The van der Waals surface area contributed by atoms with Gasteiger partial charge in [-0.2, -0.15) is 0 Å². The number of ketones is 1. The molecule has 34 heavy (non-hydrogen) atoms. The summed E-state index contributed by atoms with van der Waals surface area (Å²) < 4.78 is 5.44. The third-order valence-electron chi connectivity index (χ3n) is 10.0. The van der Waals surface area contributed by atoms with E-state index in [1.165, 1.54) is 89.9 Å². The number of rotatable bonds is 12. The number of ether oxygens (including phenoxy) is 1. The number of carbonyl (C=O) groups excluding carboxylic acids is 2. The third-order valence-corrected chi connectivity index (χ3v) is 10.0. The fourth-order valence-corrected chi connectivity index (χ4v) is 7.34. The van der Waals surface area contributed by atoms with Crippen LogP contribution in [0, 0.1) is 35.0 Å². The Morgan fingerprint density at radius 3 is 1.91 bits per heavy atom. The zero-order chi connectivity index (χ0) is 24.4. The summed E-state index contributed by atoms with van der Waals surface area (Å²) in [7, 11) is 0. The maximum absolute atomic E-state index is 13.0. The highest BCUT2D eigenvalue weighted by Gasteiger charge is 2.47. The molecule has 0 aromatic carbocycles. The first-order chi connectivity index (χ1) is 16.5. The molecule has 0 heterocycles. The highest BCUT2D eigenvalue weighted by Crippen LogP contribution is 2.47. The first kappa shape index (κ1) is 27.7. The summed E-state index contributed by atoms with van der Waals surface area (Å²) in [5.74, 6) is 3.95. The molecule has 0 spiro atoms. The van der Waals surface area contributed by atoms with Crippen LogP contribution in [0.15, 0.2) is 0 Å². The lowest BCUT2D eigenvalue weighted by molar-refractivity contribution is -0.162. The number of Topliss-reactive ketones (excluding diaryl/α,β-unsaturated/α-hetero) is 1. The van der Waals surface area contributed by atoms with E-state index in [1.54, 1.807) is 0 Å². The summed E-state index contributed by atoms with van der Waals surface area (Å²) in [6.45, 7) is 6.67. The first-order valence-electron chi connectivity index (χ1n) is 15.2. The average Bonchev–Trinajstić information content (AvgIpc) is 2.86. The highest BCUT2D eigenvalue weighted by atomic mass is 16.5. The maximum atomic E-state index is 13.0. The maximum Gasteiger partial charge on any atom is 0.319 e. The molecule has 0 unspecified atom stereocenters. The minimum Gasteiger partial charge on any atom is -0.465 e. The summed E-state index contributed by atoms with van der Waals surface area (Å²) in [5.41, 5.74) is -0.893. The van der Waals surface area contributed by atoms with E-state index in [0.717, 1.165) is 37.0 Å². The fourth-order valence-electron chi connectivity index (χ4n) is 7.34. The first-order valence-corrected chi connectivity index (χ1v) is 15.2. The van der Waals surface area contributed by atoms with Crippen LogP contribution in [0.2, 0.25) is 0 Å². The predicted molar refractivity (Wildman–Crippen MR) is 141 cm³/mol. The van der Waals surface area contributed by atoms with Crippen molar-refractivity contribution in [2.24, 2.45) is 35.0 Å². The van der Waals surface area contributed by atoms with Crippen molar-refractivity contribution in [3.05, 3.63) is 0 Å². The molecule has 3 rings (SSSR count). The van der Waals surface area contributed by atoms with Gasteiger partial charge in [0, 0.05) is 6.42 Å². The van der Waals surface area contributed by atoms with E-state index in [9.17, 15) is 9.59 Å². The highest BCUT2D eigenvalue weighted by molar-refractivity contribution is 6.04. The molecule has 0 aromatic heterocycles. The van der Waals surface area contributed by atoms with Gasteiger partial charge < -0.3 is 4.74 Å². The number of esters is 1. The van der Waals surface area contributed by atoms with E-state index in [1.807, 2.05) is 6.92 Å². The zero-order valence-electron chi connectivity index (χ0n) is 22.8. The van der Waals surface area contributed by atoms with E-state index < -0.39 is 5.41 Å². The second-order valence-corrected chi connectivity index (χ2v) is 12.4. The molecule has 0 aliphatic heterocycles. The van der Waals surface area contributed by atoms with Gasteiger partial charge >= 0.3 is 5.97 Å². The Kier molecular flexibility index (Phi) is 11.4. The Balaban J connectivity index is 1.35. The third kappa shape index (κ3) is 7.57. The number of unbranched alkanes of at least 4 members (excludes halogenated alkanes) is 5. The molecule has 3 heteroatoms. The number of hydrogen-bond acceptors (Lipinski definition) is 3. The molecular weight excluding hydrogens is 420 g/mol. The second kappa shape index (κ2) is 14.0. The quantitative estimate of drug-likeness (QED) is 0.161. The zero-order valence-corrected chi connectivity index (χ0v) is 22.8. The molecule has 0 bridgehead atoms. The van der Waals surface area contributed by atoms with Crippen LogP contribution in [0.1, 0.15) is 143 Å². The van der Waals surface area contributed by atoms with Crippen molar-refractivity contribution in [2.45, 2.75) is 143 Å². The van der Waals surface area contributed by atoms with Gasteiger partial charge in [0.05, 0.1) is 6.61 Å². The van der Waals surface area contributed by atoms with Crippen molar-refractivity contribution in [2.75, 3.05) is 6.61 Å². The molecule has 0 amide bonds. The summed E-state index contributed by atoms with van der Waals surface area (Å²) in [6, 6.07) is 0. The molecule has 3 fully saturated rings. The number of carbonyl (C=O) groups is 2. The average molecular weight is 475 g/mol. The minimum absolute atomic E-state index is 0.139. The Hall–Kier alpha value is -0.860. The van der Waals surface area contributed by atoms with Crippen molar-refractivity contribution < 1.29 is 14.3 Å². The van der Waals surface area contributed by atoms with Crippen LogP contribution in [0.25, 0.3) is 0 Å². The van der Waals surface area contributed by atoms with Crippen molar-refractivity contribution >= 4 is 11.8 Å². The van der Waals surface area contributed by atoms with E-state index in [-0.39, 0.29) is 11.8 Å². The second-order valence-electron chi connectivity index (χ2n) is 12.4. The van der Waals surface area contributed by atoms with Crippen LogP contribution >= 0.6 is 0 Å². The molecule has 3 saturated carbocycles. The molecule has 0 saturated heterocycles. The smallest absolute Gasteiger partial charge is 0.319 e. The van der Waals surface area contributed by atoms with E-state index in [0.29, 0.717) is 31.3 Å². The van der Waals surface area contributed by atoms with Crippen LogP contribution in [0.3, 0.4) is 0 Å². The molecule has 0 radical (unpaired) electrons. The van der Waals surface area contributed by atoms with Gasteiger partial charge in [0.1, 0.15) is 11.2 Å². The van der Waals surface area contributed by atoms with Crippen LogP contribution in [-0.4, -0.2) is 18.4 Å². The standard InChI is InChI=1S/C31H54O3/c1-4-6-8-9-10-11-24-12-14-25(15-13-24)26-16-18-27(19-17-26)28-20-21-31(3,29(32)23-28)30(33)34-22-7-5-2/h24-28H,4-23H2,1-3H3/t24-,25-,26?,27?,28-,31+/m1/s1. The van der Waals surface area contributed by atoms with Crippen LogP contribution < -0.4 is 0 Å². The van der Waals surface area contributed by atoms with Crippen molar-refractivity contribution in [3.63, 3.8) is 0 Å². The molecule has 2 atom stereocenters. The van der Waals surface area contributed by atoms with Crippen molar-refractivity contribution in [1.82, 2.24) is 0 Å². The Labute approximate surface area is 210 Å². The summed E-state index contributed by atoms with van der Waals surface area (Å²) in [4.78, 5) is 25.6. The molecule has 3 nitrogen and oxygen atoms in total. The van der Waals surface area contributed by atoms with Gasteiger partial charge in [-0.05, 0) is 94.3 Å². The van der Waals surface area contributed by atoms with E-state index in [4.69, 9.17) is 4.74 Å².